The van der Waals surface area contributed by atoms with Crippen LogP contribution >= 0.6 is 0 Å². The quantitative estimate of drug-likeness (QED) is 0.510. The summed E-state index contributed by atoms with van der Waals surface area (Å²) in [6.07, 6.45) is 6.73. The molecule has 0 aromatic carbocycles. The van der Waals surface area contributed by atoms with Crippen molar-refractivity contribution < 1.29 is 0 Å². The lowest BCUT2D eigenvalue weighted by molar-refractivity contribution is 0.141. The molecule has 0 amide bonds. The van der Waals surface area contributed by atoms with Crippen LogP contribution in [0.5, 0.6) is 0 Å². The molecule has 92 valence electrons. The Kier molecular flexibility index (Phi) is 5.92. The zero-order valence-electron chi connectivity index (χ0n) is 12.1. The first-order valence-electron chi connectivity index (χ1n) is 6.83. The lowest BCUT2D eigenvalue weighted by atomic mass is 9.69. The minimum absolute atomic E-state index is 0.547. The van der Waals surface area contributed by atoms with Crippen molar-refractivity contribution in [3.63, 3.8) is 0 Å². The minimum atomic E-state index is 0.547. The van der Waals surface area contributed by atoms with E-state index in [0.29, 0.717) is 10.8 Å². The van der Waals surface area contributed by atoms with Crippen molar-refractivity contribution in [1.82, 2.24) is 0 Å². The maximum absolute atomic E-state index is 2.46. The highest BCUT2D eigenvalue weighted by atomic mass is 14.3. The molecule has 0 saturated carbocycles. The molecule has 0 saturated heterocycles. The molecule has 0 aromatic heterocycles. The summed E-state index contributed by atoms with van der Waals surface area (Å²) in [6, 6.07) is 0. The maximum Gasteiger partial charge on any atom is -0.0305 e. The molecular weight excluding hydrogens is 180 g/mol. The first-order chi connectivity index (χ1) is 6.83. The van der Waals surface area contributed by atoms with Crippen molar-refractivity contribution >= 4 is 0 Å². The Labute approximate surface area is 97.8 Å². The van der Waals surface area contributed by atoms with E-state index in [2.05, 4.69) is 48.5 Å². The van der Waals surface area contributed by atoms with Gasteiger partial charge in [0.05, 0.1) is 0 Å². The third kappa shape index (κ3) is 4.17. The van der Waals surface area contributed by atoms with Crippen LogP contribution in [0, 0.1) is 16.7 Å². The van der Waals surface area contributed by atoms with Crippen LogP contribution in [0.4, 0.5) is 0 Å². The van der Waals surface area contributed by atoms with Gasteiger partial charge >= 0.3 is 0 Å². The second-order valence-electron chi connectivity index (χ2n) is 6.18. The van der Waals surface area contributed by atoms with Crippen molar-refractivity contribution in [2.24, 2.45) is 16.7 Å². The maximum atomic E-state index is 2.46. The van der Waals surface area contributed by atoms with Crippen molar-refractivity contribution in [3.05, 3.63) is 0 Å². The fraction of sp³-hybridized carbons (Fsp3) is 1.00. The molecule has 0 bridgehead atoms. The van der Waals surface area contributed by atoms with Gasteiger partial charge in [-0.2, -0.15) is 0 Å². The lowest BCUT2D eigenvalue weighted by Crippen LogP contribution is -2.26. The van der Waals surface area contributed by atoms with E-state index in [1.54, 1.807) is 0 Å². The van der Waals surface area contributed by atoms with E-state index < -0.39 is 0 Å². The summed E-state index contributed by atoms with van der Waals surface area (Å²) in [6.45, 7) is 16.7. The molecule has 0 aliphatic rings. The molecule has 0 heterocycles. The Morgan fingerprint density at radius 2 is 1.27 bits per heavy atom. The van der Waals surface area contributed by atoms with E-state index in [4.69, 9.17) is 0 Å². The predicted molar refractivity (Wildman–Crippen MR) is 71.2 cm³/mol. The molecule has 0 heteroatoms. The summed E-state index contributed by atoms with van der Waals surface area (Å²) in [5, 5.41) is 0. The summed E-state index contributed by atoms with van der Waals surface area (Å²) in [5.41, 5.74) is 1.12. The molecule has 0 N–H and O–H groups in total. The van der Waals surface area contributed by atoms with E-state index in [1.165, 1.54) is 32.1 Å². The van der Waals surface area contributed by atoms with Crippen molar-refractivity contribution in [2.45, 2.75) is 80.6 Å². The smallest absolute Gasteiger partial charge is 0.0305 e. The van der Waals surface area contributed by atoms with Gasteiger partial charge in [0.1, 0.15) is 0 Å². The van der Waals surface area contributed by atoms with Crippen molar-refractivity contribution in [2.75, 3.05) is 0 Å². The molecule has 0 aromatic rings. The Hall–Kier alpha value is 0. The Balaban J connectivity index is 4.34. The summed E-state index contributed by atoms with van der Waals surface area (Å²) >= 11 is 0. The van der Waals surface area contributed by atoms with Crippen LogP contribution in [0.25, 0.3) is 0 Å². The van der Waals surface area contributed by atoms with Gasteiger partial charge in [-0.3, -0.25) is 0 Å². The first-order valence-corrected chi connectivity index (χ1v) is 6.83. The molecule has 0 aliphatic carbocycles. The largest absolute Gasteiger partial charge is 0.0649 e. The molecule has 1 unspecified atom stereocenters. The predicted octanol–water partition coefficient (Wildman–Crippen LogP) is 5.67. The Bertz CT molecular complexity index is 165. The minimum Gasteiger partial charge on any atom is -0.0649 e. The zero-order chi connectivity index (χ0) is 12.1. The highest BCUT2D eigenvalue weighted by Gasteiger charge is 2.29. The average Bonchev–Trinajstić information content (AvgIpc) is 2.25. The lowest BCUT2D eigenvalue weighted by Gasteiger charge is -2.37. The number of hydrogen-bond acceptors (Lipinski definition) is 0. The van der Waals surface area contributed by atoms with Gasteiger partial charge < -0.3 is 0 Å². The van der Waals surface area contributed by atoms with Crippen LogP contribution in [0.3, 0.4) is 0 Å². The molecule has 0 radical (unpaired) electrons. The Morgan fingerprint density at radius 3 is 1.53 bits per heavy atom. The van der Waals surface area contributed by atoms with E-state index in [1.807, 2.05) is 0 Å². The fourth-order valence-electron chi connectivity index (χ4n) is 2.06. The van der Waals surface area contributed by atoms with Crippen LogP contribution in [0.1, 0.15) is 80.6 Å². The highest BCUT2D eigenvalue weighted by Crippen LogP contribution is 2.41. The van der Waals surface area contributed by atoms with E-state index in [-0.39, 0.29) is 0 Å². The second kappa shape index (κ2) is 5.92. The molecule has 0 spiro atoms. The van der Waals surface area contributed by atoms with E-state index in [9.17, 15) is 0 Å². The normalized spacial score (nSPS) is 16.8. The Morgan fingerprint density at radius 1 is 0.800 bits per heavy atom. The van der Waals surface area contributed by atoms with Crippen LogP contribution in [-0.4, -0.2) is 0 Å². The van der Waals surface area contributed by atoms with Crippen molar-refractivity contribution in [1.29, 1.82) is 0 Å². The average molecular weight is 212 g/mol. The van der Waals surface area contributed by atoms with Gasteiger partial charge in [-0.05, 0) is 29.6 Å². The molecular formula is C15H32. The first kappa shape index (κ1) is 15.0. The zero-order valence-corrected chi connectivity index (χ0v) is 12.1. The number of rotatable bonds is 7. The van der Waals surface area contributed by atoms with Gasteiger partial charge in [0.2, 0.25) is 0 Å². The molecule has 0 aliphatic heterocycles. The van der Waals surface area contributed by atoms with Gasteiger partial charge in [-0.25, -0.2) is 0 Å². The topological polar surface area (TPSA) is 0 Å². The summed E-state index contributed by atoms with van der Waals surface area (Å²) < 4.78 is 0. The molecule has 1 atom stereocenters. The summed E-state index contributed by atoms with van der Waals surface area (Å²) in [4.78, 5) is 0. The van der Waals surface area contributed by atoms with E-state index >= 15 is 0 Å². The molecule has 15 heavy (non-hydrogen) atoms. The molecule has 0 nitrogen and oxygen atoms in total. The monoisotopic (exact) mass is 212 g/mol. The number of hydrogen-bond donors (Lipinski definition) is 0. The van der Waals surface area contributed by atoms with Gasteiger partial charge in [0.15, 0.2) is 0 Å². The van der Waals surface area contributed by atoms with Gasteiger partial charge in [-0.15, -0.1) is 0 Å². The summed E-state index contributed by atoms with van der Waals surface area (Å²) in [5.74, 6) is 0.806. The van der Waals surface area contributed by atoms with Crippen LogP contribution in [-0.2, 0) is 0 Å². The summed E-state index contributed by atoms with van der Waals surface area (Å²) in [7, 11) is 0. The van der Waals surface area contributed by atoms with E-state index in [0.717, 1.165) is 5.92 Å². The highest BCUT2D eigenvalue weighted by molar-refractivity contribution is 4.80. The van der Waals surface area contributed by atoms with Crippen LogP contribution in [0.15, 0.2) is 0 Å². The second-order valence-corrected chi connectivity index (χ2v) is 6.18. The van der Waals surface area contributed by atoms with Crippen molar-refractivity contribution in [3.8, 4) is 0 Å². The molecule has 0 fully saturated rings. The standard InChI is InChI=1S/C15H32/c1-8-14(6,9-2)11-12-15(7,10-3)13(4)5/h13H,8-12H2,1-7H3. The van der Waals surface area contributed by atoms with Gasteiger partial charge in [0.25, 0.3) is 0 Å². The third-order valence-electron chi connectivity index (χ3n) is 5.21. The van der Waals surface area contributed by atoms with Gasteiger partial charge in [-0.1, -0.05) is 67.7 Å². The SMILES string of the molecule is CCC(C)(CC)CCC(C)(CC)C(C)C. The fourth-order valence-corrected chi connectivity index (χ4v) is 2.06. The van der Waals surface area contributed by atoms with Crippen LogP contribution in [0.2, 0.25) is 0 Å². The molecule has 0 rings (SSSR count). The van der Waals surface area contributed by atoms with Gasteiger partial charge in [0, 0.05) is 0 Å². The third-order valence-corrected chi connectivity index (χ3v) is 5.21. The van der Waals surface area contributed by atoms with Crippen LogP contribution < -0.4 is 0 Å².